The molecule has 0 radical (unpaired) electrons. The zero-order valence-corrected chi connectivity index (χ0v) is 24.5. The van der Waals surface area contributed by atoms with Crippen molar-refractivity contribution in [2.45, 2.75) is 66.0 Å². The largest absolute Gasteiger partial charge is 1.00 e. The number of benzene rings is 2. The first-order chi connectivity index (χ1) is 13.2. The van der Waals surface area contributed by atoms with E-state index in [9.17, 15) is 0 Å². The van der Waals surface area contributed by atoms with Crippen LogP contribution >= 0.6 is 0 Å². The van der Waals surface area contributed by atoms with E-state index in [1.54, 1.807) is 19.8 Å². The van der Waals surface area contributed by atoms with Crippen molar-refractivity contribution in [3.63, 3.8) is 0 Å². The fourth-order valence-corrected chi connectivity index (χ4v) is 13.6. The summed E-state index contributed by atoms with van der Waals surface area (Å²) in [5.41, 5.74) is 7.38. The molecular formula is C26H33Cl3SiTi. The predicted octanol–water partition coefficient (Wildman–Crippen LogP) is -2.78. The van der Waals surface area contributed by atoms with Gasteiger partial charge in [0.15, 0.2) is 0 Å². The van der Waals surface area contributed by atoms with E-state index in [2.05, 4.69) is 117 Å². The van der Waals surface area contributed by atoms with Gasteiger partial charge in [0.2, 0.25) is 0 Å². The first-order valence-electron chi connectivity index (χ1n) is 10.5. The molecule has 1 aliphatic rings. The molecule has 0 bridgehead atoms. The SMILES string of the molecule is CCC[Si](c1ccccc1)(c1cc(C)cc(C)c1)C1(C)C(C)=C(C)C(C)=[C]1[Ti+3].[Cl-].[Cl-].[Cl-]. The summed E-state index contributed by atoms with van der Waals surface area (Å²) in [5.74, 6) is 0. The van der Waals surface area contributed by atoms with E-state index < -0.39 is 8.07 Å². The molecule has 1 aliphatic carbocycles. The standard InChI is InChI=1S/C26H33Si.3ClH.Ti/c1-8-14-27(24-12-10-9-11-13-24,25-16-19(2)15-20(3)17-25)26(7)18-21(4)22(5)23(26)6;;;;/h9-13,15-17H,8,14H2,1-7H3;3*1H;/q;;;;+3/p-3. The molecule has 2 aromatic rings. The van der Waals surface area contributed by atoms with Crippen LogP contribution in [0.25, 0.3) is 0 Å². The molecule has 0 amide bonds. The topological polar surface area (TPSA) is 0 Å². The third-order valence-electron chi connectivity index (χ3n) is 7.21. The Hall–Kier alpha value is -0.279. The van der Waals surface area contributed by atoms with Gasteiger partial charge in [0, 0.05) is 0 Å². The van der Waals surface area contributed by atoms with Gasteiger partial charge in [-0.15, -0.1) is 0 Å². The molecule has 31 heavy (non-hydrogen) atoms. The maximum absolute atomic E-state index is 2.56. The predicted molar refractivity (Wildman–Crippen MR) is 122 cm³/mol. The maximum Gasteiger partial charge on any atom is -1.00 e. The average molecular weight is 528 g/mol. The van der Waals surface area contributed by atoms with Gasteiger partial charge < -0.3 is 37.2 Å². The van der Waals surface area contributed by atoms with E-state index in [1.165, 1.54) is 34.7 Å². The van der Waals surface area contributed by atoms with Crippen molar-refractivity contribution >= 4 is 18.4 Å². The third-order valence-corrected chi connectivity index (χ3v) is 15.1. The fourth-order valence-electron chi connectivity index (χ4n) is 5.54. The number of aryl methyl sites for hydroxylation is 2. The second-order valence-corrected chi connectivity index (χ2v) is 14.0. The van der Waals surface area contributed by atoms with Crippen molar-refractivity contribution in [3.05, 3.63) is 80.3 Å². The minimum atomic E-state index is -2.13. The molecule has 0 N–H and O–H groups in total. The molecule has 2 aromatic carbocycles. The maximum atomic E-state index is 2.56. The van der Waals surface area contributed by atoms with Crippen molar-refractivity contribution < 1.29 is 57.7 Å². The summed E-state index contributed by atoms with van der Waals surface area (Å²) in [6.45, 7) is 16.5. The molecule has 2 atom stereocenters. The number of allylic oxidation sites excluding steroid dienone is 4. The van der Waals surface area contributed by atoms with E-state index in [4.69, 9.17) is 0 Å². The van der Waals surface area contributed by atoms with Gasteiger partial charge in [-0.3, -0.25) is 0 Å². The van der Waals surface area contributed by atoms with Crippen molar-refractivity contribution in [1.29, 1.82) is 0 Å². The van der Waals surface area contributed by atoms with Crippen molar-refractivity contribution in [3.8, 4) is 0 Å². The Bertz CT molecular complexity index is 922. The Balaban J connectivity index is 0.00000300. The summed E-state index contributed by atoms with van der Waals surface area (Å²) < 4.78 is 1.59. The van der Waals surface area contributed by atoms with Gasteiger partial charge in [-0.1, -0.05) is 0 Å². The summed E-state index contributed by atoms with van der Waals surface area (Å²) in [6, 6.07) is 20.0. The summed E-state index contributed by atoms with van der Waals surface area (Å²) >= 11 is 2.40. The molecule has 2 unspecified atom stereocenters. The van der Waals surface area contributed by atoms with Crippen molar-refractivity contribution in [2.24, 2.45) is 0 Å². The van der Waals surface area contributed by atoms with Gasteiger partial charge in [0.05, 0.1) is 0 Å². The van der Waals surface area contributed by atoms with Crippen LogP contribution in [0, 0.1) is 13.8 Å². The summed E-state index contributed by atoms with van der Waals surface area (Å²) in [5, 5.41) is 3.28. The second-order valence-electron chi connectivity index (χ2n) is 8.77. The van der Waals surface area contributed by atoms with Crippen LogP contribution in [0.2, 0.25) is 11.1 Å². The van der Waals surface area contributed by atoms with Gasteiger partial charge >= 0.3 is 185 Å². The molecule has 0 aliphatic heterocycles. The van der Waals surface area contributed by atoms with Crippen LogP contribution in [-0.2, 0) is 20.4 Å². The number of hydrogen-bond acceptors (Lipinski definition) is 0. The molecule has 5 heteroatoms. The second kappa shape index (κ2) is 11.7. The number of rotatable bonds is 5. The fraction of sp³-hybridized carbons (Fsp3) is 0.385. The van der Waals surface area contributed by atoms with Crippen LogP contribution in [0.4, 0.5) is 0 Å². The van der Waals surface area contributed by atoms with Crippen LogP contribution in [0.1, 0.15) is 52.2 Å². The molecule has 3 rings (SSSR count). The Morgan fingerprint density at radius 1 is 0.774 bits per heavy atom. The normalized spacial score (nSPS) is 19.9. The van der Waals surface area contributed by atoms with Crippen molar-refractivity contribution in [1.82, 2.24) is 0 Å². The molecule has 0 saturated heterocycles. The minimum Gasteiger partial charge on any atom is -1.00 e. The van der Waals surface area contributed by atoms with Gasteiger partial charge in [-0.05, 0) is 0 Å². The quantitative estimate of drug-likeness (QED) is 0.369. The number of halogens is 3. The Morgan fingerprint density at radius 3 is 1.71 bits per heavy atom. The van der Waals surface area contributed by atoms with E-state index in [-0.39, 0.29) is 42.3 Å². The van der Waals surface area contributed by atoms with Crippen LogP contribution in [0.3, 0.4) is 0 Å². The molecule has 0 fully saturated rings. The zero-order chi connectivity index (χ0) is 20.7. The van der Waals surface area contributed by atoms with Gasteiger partial charge in [-0.2, -0.15) is 0 Å². The Labute approximate surface area is 221 Å². The molecule has 0 heterocycles. The molecule has 0 nitrogen and oxygen atoms in total. The van der Waals surface area contributed by atoms with Crippen LogP contribution < -0.4 is 47.6 Å². The first kappa shape index (κ1) is 30.7. The monoisotopic (exact) mass is 526 g/mol. The zero-order valence-electron chi connectivity index (χ0n) is 19.7. The third kappa shape index (κ3) is 4.84. The molecule has 166 valence electrons. The molecule has 0 aromatic heterocycles. The first-order valence-corrected chi connectivity index (χ1v) is 13.4. The molecule has 0 spiro atoms. The van der Waals surface area contributed by atoms with E-state index in [0.717, 1.165) is 0 Å². The minimum absolute atomic E-state index is 0. The summed E-state index contributed by atoms with van der Waals surface area (Å²) in [6.07, 6.45) is 1.21. The van der Waals surface area contributed by atoms with Gasteiger partial charge in [-0.25, -0.2) is 0 Å². The van der Waals surface area contributed by atoms with E-state index in [1.807, 2.05) is 0 Å². The molecule has 0 saturated carbocycles. The Kier molecular flexibility index (Phi) is 11.6. The van der Waals surface area contributed by atoms with Crippen LogP contribution in [0.15, 0.2) is 69.1 Å². The van der Waals surface area contributed by atoms with Gasteiger partial charge in [0.25, 0.3) is 0 Å². The van der Waals surface area contributed by atoms with Crippen LogP contribution in [-0.4, -0.2) is 8.07 Å². The Morgan fingerprint density at radius 2 is 1.29 bits per heavy atom. The summed E-state index contributed by atoms with van der Waals surface area (Å²) in [7, 11) is -2.13. The average Bonchev–Trinajstić information content (AvgIpc) is 2.82. The molecular weight excluding hydrogens is 495 g/mol. The van der Waals surface area contributed by atoms with E-state index >= 15 is 0 Å². The van der Waals surface area contributed by atoms with Gasteiger partial charge in [0.1, 0.15) is 0 Å². The number of hydrogen-bond donors (Lipinski definition) is 0. The smallest absolute Gasteiger partial charge is 1.00 e. The summed E-state index contributed by atoms with van der Waals surface area (Å²) in [4.78, 5) is 0. The van der Waals surface area contributed by atoms with Crippen LogP contribution in [0.5, 0.6) is 0 Å². The van der Waals surface area contributed by atoms with E-state index in [0.29, 0.717) is 0 Å². The van der Waals surface area contributed by atoms with Crippen molar-refractivity contribution in [2.75, 3.05) is 0 Å².